The summed E-state index contributed by atoms with van der Waals surface area (Å²) in [5.74, 6) is -0.620. The van der Waals surface area contributed by atoms with E-state index in [4.69, 9.17) is 0 Å². The Morgan fingerprint density at radius 2 is 1.84 bits per heavy atom. The van der Waals surface area contributed by atoms with Crippen LogP contribution in [0.4, 0.5) is 11.4 Å². The minimum atomic E-state index is -0.281. The highest BCUT2D eigenvalue weighted by molar-refractivity contribution is 9.10. The number of amides is 2. The topological polar surface area (TPSA) is 122 Å². The SMILES string of the molecule is CC(=O)c1cn(CC(=O)N(CC(=O)NCc2cccc(Br)n2)C(C)C)c2ccc(Nc3cncnc3)cc12. The van der Waals surface area contributed by atoms with Gasteiger partial charge in [0.05, 0.1) is 36.9 Å². The van der Waals surface area contributed by atoms with Crippen LogP contribution in [0.2, 0.25) is 0 Å². The summed E-state index contributed by atoms with van der Waals surface area (Å²) in [5.41, 5.74) is 3.44. The second-order valence-corrected chi connectivity index (χ2v) is 9.87. The van der Waals surface area contributed by atoms with Gasteiger partial charge in [0.25, 0.3) is 0 Å². The quantitative estimate of drug-likeness (QED) is 0.215. The van der Waals surface area contributed by atoms with Gasteiger partial charge in [-0.05, 0) is 67.0 Å². The van der Waals surface area contributed by atoms with Gasteiger partial charge in [0.1, 0.15) is 17.5 Å². The van der Waals surface area contributed by atoms with Crippen LogP contribution < -0.4 is 10.6 Å². The van der Waals surface area contributed by atoms with E-state index in [1.165, 1.54) is 18.2 Å². The number of benzene rings is 1. The average Bonchev–Trinajstić information content (AvgIpc) is 3.24. The molecule has 0 unspecified atom stereocenters. The Labute approximate surface area is 228 Å². The number of rotatable bonds is 10. The third-order valence-corrected chi connectivity index (χ3v) is 6.35. The summed E-state index contributed by atoms with van der Waals surface area (Å²) < 4.78 is 2.44. The second-order valence-electron chi connectivity index (χ2n) is 9.05. The van der Waals surface area contributed by atoms with Crippen molar-refractivity contribution in [3.8, 4) is 0 Å². The summed E-state index contributed by atoms with van der Waals surface area (Å²) in [6.07, 6.45) is 6.44. The number of aromatic nitrogens is 4. The highest BCUT2D eigenvalue weighted by atomic mass is 79.9. The molecule has 3 heterocycles. The van der Waals surface area contributed by atoms with E-state index in [0.717, 1.165) is 16.6 Å². The summed E-state index contributed by atoms with van der Waals surface area (Å²) >= 11 is 3.32. The van der Waals surface area contributed by atoms with Crippen molar-refractivity contribution >= 4 is 55.8 Å². The molecule has 4 aromatic rings. The highest BCUT2D eigenvalue weighted by Crippen LogP contribution is 2.27. The predicted molar refractivity (Wildman–Crippen MR) is 148 cm³/mol. The molecule has 3 aromatic heterocycles. The van der Waals surface area contributed by atoms with Crippen molar-refractivity contribution in [3.63, 3.8) is 0 Å². The van der Waals surface area contributed by atoms with Crippen LogP contribution in [-0.2, 0) is 22.7 Å². The fraction of sp³-hybridized carbons (Fsp3) is 0.259. The molecule has 0 aliphatic heterocycles. The molecule has 0 radical (unpaired) electrons. The molecular weight excluding hydrogens is 550 g/mol. The zero-order valence-electron chi connectivity index (χ0n) is 21.3. The van der Waals surface area contributed by atoms with Gasteiger partial charge >= 0.3 is 0 Å². The number of fused-ring (bicyclic) bond motifs is 1. The minimum Gasteiger partial charge on any atom is -0.353 e. The van der Waals surface area contributed by atoms with Gasteiger partial charge in [-0.1, -0.05) is 6.07 Å². The van der Waals surface area contributed by atoms with Crippen LogP contribution in [0.5, 0.6) is 0 Å². The largest absolute Gasteiger partial charge is 0.353 e. The van der Waals surface area contributed by atoms with Crippen molar-refractivity contribution in [1.82, 2.24) is 29.7 Å². The second kappa shape index (κ2) is 12.0. The number of nitrogens with zero attached hydrogens (tertiary/aromatic N) is 5. The van der Waals surface area contributed by atoms with Crippen LogP contribution in [0.15, 0.2) is 65.9 Å². The van der Waals surface area contributed by atoms with E-state index in [1.807, 2.05) is 50.2 Å². The monoisotopic (exact) mass is 577 g/mol. The number of nitrogens with one attached hydrogen (secondary N) is 2. The molecule has 0 atom stereocenters. The average molecular weight is 578 g/mol. The molecule has 0 fully saturated rings. The van der Waals surface area contributed by atoms with Crippen molar-refractivity contribution in [2.24, 2.45) is 0 Å². The fourth-order valence-electron chi connectivity index (χ4n) is 4.06. The number of hydrogen-bond acceptors (Lipinski definition) is 7. The third-order valence-electron chi connectivity index (χ3n) is 5.91. The zero-order valence-corrected chi connectivity index (χ0v) is 22.9. The van der Waals surface area contributed by atoms with E-state index < -0.39 is 0 Å². The minimum absolute atomic E-state index is 0.0122. The lowest BCUT2D eigenvalue weighted by Crippen LogP contribution is -2.45. The van der Waals surface area contributed by atoms with Crippen LogP contribution in [0.25, 0.3) is 10.9 Å². The van der Waals surface area contributed by atoms with Crippen LogP contribution in [0.3, 0.4) is 0 Å². The Morgan fingerprint density at radius 3 is 2.53 bits per heavy atom. The van der Waals surface area contributed by atoms with Gasteiger partial charge in [-0.3, -0.25) is 14.4 Å². The van der Waals surface area contributed by atoms with Gasteiger partial charge in [0.2, 0.25) is 11.8 Å². The van der Waals surface area contributed by atoms with E-state index in [-0.39, 0.29) is 43.3 Å². The standard InChI is InChI=1S/C27H28BrN7O3/c1-17(2)35(14-26(37)31-12-20-5-4-6-25(28)33-20)27(38)15-34-13-23(18(3)36)22-9-19(7-8-24(22)34)32-21-10-29-16-30-11-21/h4-11,13,16-17,32H,12,14-15H2,1-3H3,(H,31,37). The van der Waals surface area contributed by atoms with Crippen LogP contribution in [0, 0.1) is 0 Å². The number of halogens is 1. The number of ketones is 1. The van der Waals surface area contributed by atoms with Crippen LogP contribution in [-0.4, -0.2) is 54.6 Å². The maximum Gasteiger partial charge on any atom is 0.243 e. The molecule has 0 saturated heterocycles. The number of Topliss-reactive ketones (excluding diaryl/α,β-unsaturated/α-hetero) is 1. The molecule has 11 heteroatoms. The van der Waals surface area contributed by atoms with E-state index in [1.54, 1.807) is 23.2 Å². The summed E-state index contributed by atoms with van der Waals surface area (Å²) in [6.45, 7) is 5.38. The number of hydrogen-bond donors (Lipinski definition) is 2. The molecule has 0 saturated carbocycles. The normalized spacial score (nSPS) is 11.0. The summed E-state index contributed by atoms with van der Waals surface area (Å²) in [6, 6.07) is 10.9. The van der Waals surface area contributed by atoms with Gasteiger partial charge < -0.3 is 20.1 Å². The Kier molecular flexibility index (Phi) is 8.47. The molecule has 0 aliphatic rings. The Morgan fingerprint density at radius 1 is 1.08 bits per heavy atom. The van der Waals surface area contributed by atoms with Crippen molar-refractivity contribution in [2.75, 3.05) is 11.9 Å². The lowest BCUT2D eigenvalue weighted by atomic mass is 10.1. The molecule has 0 spiro atoms. The predicted octanol–water partition coefficient (Wildman–Crippen LogP) is 4.09. The molecule has 10 nitrogen and oxygen atoms in total. The van der Waals surface area contributed by atoms with Crippen molar-refractivity contribution in [2.45, 2.75) is 39.9 Å². The van der Waals surface area contributed by atoms with E-state index in [2.05, 4.69) is 41.5 Å². The van der Waals surface area contributed by atoms with Crippen LogP contribution in [0.1, 0.15) is 36.8 Å². The smallest absolute Gasteiger partial charge is 0.243 e. The highest BCUT2D eigenvalue weighted by Gasteiger charge is 2.22. The number of anilines is 2. The molecule has 2 N–H and O–H groups in total. The Hall–Kier alpha value is -4.12. The maximum absolute atomic E-state index is 13.3. The number of carbonyl (C=O) groups excluding carboxylic acids is 3. The molecule has 196 valence electrons. The Balaban J connectivity index is 1.50. The van der Waals surface area contributed by atoms with Crippen molar-refractivity contribution < 1.29 is 14.4 Å². The van der Waals surface area contributed by atoms with E-state index in [0.29, 0.717) is 21.5 Å². The zero-order chi connectivity index (χ0) is 27.2. The van der Waals surface area contributed by atoms with Gasteiger partial charge in [0, 0.05) is 34.4 Å². The molecule has 4 rings (SSSR count). The number of pyridine rings is 1. The van der Waals surface area contributed by atoms with Gasteiger partial charge in [-0.15, -0.1) is 0 Å². The van der Waals surface area contributed by atoms with E-state index >= 15 is 0 Å². The van der Waals surface area contributed by atoms with Crippen LogP contribution >= 0.6 is 15.9 Å². The van der Waals surface area contributed by atoms with E-state index in [9.17, 15) is 14.4 Å². The summed E-state index contributed by atoms with van der Waals surface area (Å²) in [5, 5.41) is 6.77. The Bertz CT molecular complexity index is 1470. The first-order valence-electron chi connectivity index (χ1n) is 12.0. The fourth-order valence-corrected chi connectivity index (χ4v) is 4.44. The first-order chi connectivity index (χ1) is 18.2. The first kappa shape index (κ1) is 26.9. The summed E-state index contributed by atoms with van der Waals surface area (Å²) in [4.78, 5) is 52.2. The van der Waals surface area contributed by atoms with Crippen molar-refractivity contribution in [3.05, 3.63) is 77.2 Å². The van der Waals surface area contributed by atoms with Crippen molar-refractivity contribution in [1.29, 1.82) is 0 Å². The molecule has 1 aromatic carbocycles. The van der Waals surface area contributed by atoms with Gasteiger partial charge in [-0.25, -0.2) is 15.0 Å². The molecular formula is C27H28BrN7O3. The molecule has 38 heavy (non-hydrogen) atoms. The first-order valence-corrected chi connectivity index (χ1v) is 12.8. The van der Waals surface area contributed by atoms with Gasteiger partial charge in [0.15, 0.2) is 5.78 Å². The molecule has 0 bridgehead atoms. The lowest BCUT2D eigenvalue weighted by Gasteiger charge is -2.26. The number of carbonyl (C=O) groups is 3. The molecule has 0 aliphatic carbocycles. The third kappa shape index (κ3) is 6.60. The van der Waals surface area contributed by atoms with Gasteiger partial charge in [-0.2, -0.15) is 0 Å². The molecule has 2 amide bonds. The maximum atomic E-state index is 13.3. The lowest BCUT2D eigenvalue weighted by molar-refractivity contribution is -0.138. The summed E-state index contributed by atoms with van der Waals surface area (Å²) in [7, 11) is 0.